The first-order valence-corrected chi connectivity index (χ1v) is 7.68. The van der Waals surface area contributed by atoms with Gasteiger partial charge in [0.25, 0.3) is 0 Å². The van der Waals surface area contributed by atoms with Crippen LogP contribution in [0.3, 0.4) is 0 Å². The first kappa shape index (κ1) is 20.0. The summed E-state index contributed by atoms with van der Waals surface area (Å²) >= 11 is 0. The zero-order chi connectivity index (χ0) is 18.0. The summed E-state index contributed by atoms with van der Waals surface area (Å²) in [6.07, 6.45) is -3.12. The Hall–Kier alpha value is -2.03. The number of nitrogens with one attached hydrogen (secondary N) is 3. The van der Waals surface area contributed by atoms with Crippen molar-refractivity contribution in [3.05, 3.63) is 23.9 Å². The molecule has 0 fully saturated rings. The van der Waals surface area contributed by atoms with Crippen molar-refractivity contribution in [3.8, 4) is 0 Å². The number of rotatable bonds is 8. The number of hydrogen-bond donors (Lipinski definition) is 3. The molecule has 1 rings (SSSR count). The van der Waals surface area contributed by atoms with Gasteiger partial charge in [0.1, 0.15) is 5.82 Å². The standard InChI is InChI=1S/C15H24F3N5O/c1-4-19-14(23-11(2)10-24-3)22-9-8-21-13-12(15(16,17)18)6-5-7-20-13/h5-7,11H,4,8-10H2,1-3H3,(H,20,21)(H2,19,22,23). The van der Waals surface area contributed by atoms with Crippen molar-refractivity contribution >= 4 is 11.8 Å². The molecule has 0 aliphatic carbocycles. The molecular formula is C15H24F3N5O. The number of aliphatic imine (C=N–C) groups is 1. The smallest absolute Gasteiger partial charge is 0.383 e. The number of hydrogen-bond acceptors (Lipinski definition) is 4. The Morgan fingerprint density at radius 3 is 2.79 bits per heavy atom. The number of aromatic nitrogens is 1. The van der Waals surface area contributed by atoms with Crippen LogP contribution in [0.4, 0.5) is 19.0 Å². The number of methoxy groups -OCH3 is 1. The molecule has 0 saturated carbocycles. The highest BCUT2D eigenvalue weighted by atomic mass is 19.4. The highest BCUT2D eigenvalue weighted by Crippen LogP contribution is 2.33. The lowest BCUT2D eigenvalue weighted by atomic mass is 10.2. The Labute approximate surface area is 139 Å². The number of nitrogens with zero attached hydrogens (tertiary/aromatic N) is 2. The number of halogens is 3. The fourth-order valence-corrected chi connectivity index (χ4v) is 1.96. The SMILES string of the molecule is CCNC(=NCCNc1ncccc1C(F)(F)F)NC(C)COC. The number of ether oxygens (including phenoxy) is 1. The largest absolute Gasteiger partial charge is 0.419 e. The van der Waals surface area contributed by atoms with E-state index in [0.29, 0.717) is 25.7 Å². The molecule has 0 saturated heterocycles. The van der Waals surface area contributed by atoms with Crippen molar-refractivity contribution in [2.45, 2.75) is 26.1 Å². The van der Waals surface area contributed by atoms with Crippen molar-refractivity contribution in [1.82, 2.24) is 15.6 Å². The second kappa shape index (κ2) is 9.96. The first-order chi connectivity index (χ1) is 11.4. The molecule has 0 bridgehead atoms. The Morgan fingerprint density at radius 1 is 1.42 bits per heavy atom. The van der Waals surface area contributed by atoms with Gasteiger partial charge in [0.15, 0.2) is 5.96 Å². The van der Waals surface area contributed by atoms with Crippen LogP contribution in [0.25, 0.3) is 0 Å². The van der Waals surface area contributed by atoms with Gasteiger partial charge in [0.2, 0.25) is 0 Å². The number of anilines is 1. The Bertz CT molecular complexity index is 522. The van der Waals surface area contributed by atoms with Crippen molar-refractivity contribution in [2.24, 2.45) is 4.99 Å². The first-order valence-electron chi connectivity index (χ1n) is 7.68. The van der Waals surface area contributed by atoms with E-state index in [9.17, 15) is 13.2 Å². The predicted molar refractivity (Wildman–Crippen MR) is 88.2 cm³/mol. The van der Waals surface area contributed by atoms with Crippen LogP contribution in [-0.4, -0.2) is 50.3 Å². The van der Waals surface area contributed by atoms with E-state index in [4.69, 9.17) is 4.74 Å². The van der Waals surface area contributed by atoms with Gasteiger partial charge < -0.3 is 20.7 Å². The van der Waals surface area contributed by atoms with Gasteiger partial charge in [-0.1, -0.05) is 0 Å². The lowest BCUT2D eigenvalue weighted by Gasteiger charge is -2.17. The number of pyridine rings is 1. The molecule has 0 radical (unpaired) electrons. The molecule has 0 aliphatic heterocycles. The van der Waals surface area contributed by atoms with E-state index < -0.39 is 11.7 Å². The average Bonchev–Trinajstić information content (AvgIpc) is 2.51. The molecule has 1 unspecified atom stereocenters. The van der Waals surface area contributed by atoms with E-state index in [2.05, 4.69) is 25.9 Å². The zero-order valence-electron chi connectivity index (χ0n) is 14.1. The van der Waals surface area contributed by atoms with Crippen LogP contribution in [0.2, 0.25) is 0 Å². The van der Waals surface area contributed by atoms with Crippen molar-refractivity contribution in [3.63, 3.8) is 0 Å². The van der Waals surface area contributed by atoms with Crippen LogP contribution in [0, 0.1) is 0 Å². The number of guanidine groups is 1. The molecule has 0 aliphatic rings. The van der Waals surface area contributed by atoms with Gasteiger partial charge in [-0.25, -0.2) is 4.98 Å². The van der Waals surface area contributed by atoms with E-state index in [0.717, 1.165) is 6.07 Å². The maximum Gasteiger partial charge on any atom is 0.419 e. The third-order valence-electron chi connectivity index (χ3n) is 2.93. The second-order valence-corrected chi connectivity index (χ2v) is 5.09. The minimum absolute atomic E-state index is 0.0633. The van der Waals surface area contributed by atoms with Crippen molar-refractivity contribution < 1.29 is 17.9 Å². The quantitative estimate of drug-likeness (QED) is 0.382. The summed E-state index contributed by atoms with van der Waals surface area (Å²) in [5, 5.41) is 8.89. The van der Waals surface area contributed by atoms with Crippen LogP contribution in [0.5, 0.6) is 0 Å². The molecule has 1 heterocycles. The molecule has 1 atom stereocenters. The van der Waals surface area contributed by atoms with Crippen LogP contribution in [0.1, 0.15) is 19.4 Å². The van der Waals surface area contributed by atoms with Gasteiger partial charge >= 0.3 is 6.18 Å². The van der Waals surface area contributed by atoms with Gasteiger partial charge in [-0.3, -0.25) is 4.99 Å². The molecule has 0 spiro atoms. The molecule has 136 valence electrons. The molecule has 0 amide bonds. The highest BCUT2D eigenvalue weighted by molar-refractivity contribution is 5.80. The lowest BCUT2D eigenvalue weighted by Crippen LogP contribution is -2.44. The van der Waals surface area contributed by atoms with Crippen LogP contribution in [-0.2, 0) is 10.9 Å². The van der Waals surface area contributed by atoms with Crippen LogP contribution < -0.4 is 16.0 Å². The van der Waals surface area contributed by atoms with E-state index in [1.807, 2.05) is 13.8 Å². The summed E-state index contributed by atoms with van der Waals surface area (Å²) < 4.78 is 43.6. The van der Waals surface area contributed by atoms with Crippen molar-refractivity contribution in [1.29, 1.82) is 0 Å². The summed E-state index contributed by atoms with van der Waals surface area (Å²) in [5.41, 5.74) is -0.785. The van der Waals surface area contributed by atoms with Crippen LogP contribution in [0.15, 0.2) is 23.3 Å². The maximum absolute atomic E-state index is 12.9. The average molecular weight is 347 g/mol. The Balaban J connectivity index is 2.59. The topological polar surface area (TPSA) is 70.6 Å². The molecule has 6 nitrogen and oxygen atoms in total. The van der Waals surface area contributed by atoms with Crippen LogP contribution >= 0.6 is 0 Å². The normalized spacial score (nSPS) is 13.5. The maximum atomic E-state index is 12.9. The summed E-state index contributed by atoms with van der Waals surface area (Å²) in [6.45, 7) is 5.60. The minimum atomic E-state index is -4.44. The predicted octanol–water partition coefficient (Wildman–Crippen LogP) is 2.10. The second-order valence-electron chi connectivity index (χ2n) is 5.09. The van der Waals surface area contributed by atoms with Gasteiger partial charge in [-0.05, 0) is 26.0 Å². The zero-order valence-corrected chi connectivity index (χ0v) is 14.1. The summed E-state index contributed by atoms with van der Waals surface area (Å²) in [4.78, 5) is 8.05. The third kappa shape index (κ3) is 7.03. The lowest BCUT2D eigenvalue weighted by molar-refractivity contribution is -0.137. The van der Waals surface area contributed by atoms with E-state index in [-0.39, 0.29) is 18.4 Å². The fraction of sp³-hybridized carbons (Fsp3) is 0.600. The Kier molecular flexibility index (Phi) is 8.31. The number of alkyl halides is 3. The highest BCUT2D eigenvalue weighted by Gasteiger charge is 2.33. The third-order valence-corrected chi connectivity index (χ3v) is 2.93. The molecule has 1 aromatic heterocycles. The molecule has 9 heteroatoms. The minimum Gasteiger partial charge on any atom is -0.383 e. The van der Waals surface area contributed by atoms with Gasteiger partial charge in [0.05, 0.1) is 18.7 Å². The van der Waals surface area contributed by atoms with Crippen molar-refractivity contribution in [2.75, 3.05) is 38.7 Å². The van der Waals surface area contributed by atoms with Gasteiger partial charge in [0, 0.05) is 32.4 Å². The summed E-state index contributed by atoms with van der Waals surface area (Å²) in [7, 11) is 1.61. The monoisotopic (exact) mass is 347 g/mol. The fourth-order valence-electron chi connectivity index (χ4n) is 1.96. The van der Waals surface area contributed by atoms with Gasteiger partial charge in [-0.15, -0.1) is 0 Å². The van der Waals surface area contributed by atoms with E-state index >= 15 is 0 Å². The molecular weight excluding hydrogens is 323 g/mol. The Morgan fingerprint density at radius 2 is 2.17 bits per heavy atom. The summed E-state index contributed by atoms with van der Waals surface area (Å²) in [5.74, 6) is 0.395. The summed E-state index contributed by atoms with van der Waals surface area (Å²) in [6, 6.07) is 2.32. The molecule has 0 aromatic carbocycles. The molecule has 24 heavy (non-hydrogen) atoms. The van der Waals surface area contributed by atoms with Gasteiger partial charge in [-0.2, -0.15) is 13.2 Å². The van der Waals surface area contributed by atoms with E-state index in [1.165, 1.54) is 12.3 Å². The molecule has 3 N–H and O–H groups in total. The molecule has 1 aromatic rings. The van der Waals surface area contributed by atoms with E-state index in [1.54, 1.807) is 7.11 Å².